The molecular formula is C31H37N3. The number of likely N-dealkylation sites (tertiary alicyclic amines) is 1. The fourth-order valence-corrected chi connectivity index (χ4v) is 5.47. The van der Waals surface area contributed by atoms with E-state index in [1.54, 1.807) is 5.57 Å². The number of piperidine rings is 1. The summed E-state index contributed by atoms with van der Waals surface area (Å²) in [7, 11) is 0. The molecule has 176 valence electrons. The van der Waals surface area contributed by atoms with Crippen molar-refractivity contribution in [1.29, 1.82) is 0 Å². The monoisotopic (exact) mass is 451 g/mol. The van der Waals surface area contributed by atoms with E-state index in [9.17, 15) is 0 Å². The van der Waals surface area contributed by atoms with E-state index < -0.39 is 0 Å². The Morgan fingerprint density at radius 2 is 1.00 bits per heavy atom. The van der Waals surface area contributed by atoms with Crippen LogP contribution in [0.15, 0.2) is 96.6 Å². The highest BCUT2D eigenvalue weighted by atomic mass is 15.3. The van der Waals surface area contributed by atoms with E-state index in [-0.39, 0.29) is 0 Å². The minimum absolute atomic E-state index is 1.14. The highest BCUT2D eigenvalue weighted by molar-refractivity contribution is 5.82. The first-order chi connectivity index (χ1) is 16.9. The van der Waals surface area contributed by atoms with Crippen LogP contribution < -0.4 is 4.90 Å². The van der Waals surface area contributed by atoms with Crippen LogP contribution in [0.1, 0.15) is 30.4 Å². The van der Waals surface area contributed by atoms with E-state index in [0.29, 0.717) is 0 Å². The standard InChI is InChI=1S/C31H37N3/c1-4-11-27(12-5-1)31(28-13-6-2-7-14-28)29-17-21-32(22-18-29)19-10-20-33-23-25-34(26-24-33)30-15-8-3-9-16-30/h1-9,11-16H,10,17-26H2. The molecule has 0 bridgehead atoms. The number of para-hydroxylation sites is 1. The molecule has 0 unspecified atom stereocenters. The summed E-state index contributed by atoms with van der Waals surface area (Å²) in [6.45, 7) is 9.45. The number of hydrogen-bond acceptors (Lipinski definition) is 3. The first-order valence-corrected chi connectivity index (χ1v) is 12.9. The van der Waals surface area contributed by atoms with Gasteiger partial charge in [-0.3, -0.25) is 4.90 Å². The Morgan fingerprint density at radius 3 is 1.53 bits per heavy atom. The molecule has 2 aliphatic heterocycles. The molecule has 0 aromatic heterocycles. The Labute approximate surface area is 205 Å². The summed E-state index contributed by atoms with van der Waals surface area (Å²) < 4.78 is 0. The Bertz CT molecular complexity index is 986. The second-order valence-corrected chi connectivity index (χ2v) is 9.57. The third kappa shape index (κ3) is 5.78. The maximum absolute atomic E-state index is 2.68. The first kappa shape index (κ1) is 22.9. The van der Waals surface area contributed by atoms with Crippen LogP contribution in [0.5, 0.6) is 0 Å². The lowest BCUT2D eigenvalue weighted by Crippen LogP contribution is -2.47. The van der Waals surface area contributed by atoms with Gasteiger partial charge in [0.1, 0.15) is 0 Å². The summed E-state index contributed by atoms with van der Waals surface area (Å²) in [6, 6.07) is 32.8. The zero-order chi connectivity index (χ0) is 23.0. The van der Waals surface area contributed by atoms with E-state index in [1.807, 2.05) is 0 Å². The number of anilines is 1. The summed E-state index contributed by atoms with van der Waals surface area (Å²) in [4.78, 5) is 7.85. The van der Waals surface area contributed by atoms with Crippen molar-refractivity contribution in [2.24, 2.45) is 0 Å². The van der Waals surface area contributed by atoms with Crippen molar-refractivity contribution < 1.29 is 0 Å². The molecule has 5 rings (SSSR count). The first-order valence-electron chi connectivity index (χ1n) is 12.9. The maximum atomic E-state index is 2.68. The quantitative estimate of drug-likeness (QED) is 0.450. The van der Waals surface area contributed by atoms with Gasteiger partial charge in [0.2, 0.25) is 0 Å². The van der Waals surface area contributed by atoms with Gasteiger partial charge < -0.3 is 9.80 Å². The van der Waals surface area contributed by atoms with E-state index in [2.05, 4.69) is 106 Å². The molecule has 0 radical (unpaired) electrons. The molecule has 0 atom stereocenters. The van der Waals surface area contributed by atoms with Gasteiger partial charge in [-0.15, -0.1) is 0 Å². The van der Waals surface area contributed by atoms with Gasteiger partial charge in [0.15, 0.2) is 0 Å². The van der Waals surface area contributed by atoms with Crippen molar-refractivity contribution in [2.45, 2.75) is 19.3 Å². The van der Waals surface area contributed by atoms with Crippen LogP contribution in [-0.4, -0.2) is 62.2 Å². The average molecular weight is 452 g/mol. The van der Waals surface area contributed by atoms with E-state index in [0.717, 1.165) is 13.1 Å². The van der Waals surface area contributed by atoms with Crippen molar-refractivity contribution in [1.82, 2.24) is 9.80 Å². The van der Waals surface area contributed by atoms with Gasteiger partial charge in [0, 0.05) is 45.0 Å². The van der Waals surface area contributed by atoms with Crippen LogP contribution in [0.4, 0.5) is 5.69 Å². The molecule has 3 nitrogen and oxygen atoms in total. The number of nitrogens with zero attached hydrogens (tertiary/aromatic N) is 3. The van der Waals surface area contributed by atoms with Gasteiger partial charge in [-0.25, -0.2) is 0 Å². The van der Waals surface area contributed by atoms with Crippen LogP contribution in [0.2, 0.25) is 0 Å². The lowest BCUT2D eigenvalue weighted by Gasteiger charge is -2.36. The summed E-state index contributed by atoms with van der Waals surface area (Å²) in [5.41, 5.74) is 7.14. The molecule has 0 N–H and O–H groups in total. The largest absolute Gasteiger partial charge is 0.369 e. The smallest absolute Gasteiger partial charge is 0.0367 e. The van der Waals surface area contributed by atoms with Crippen molar-refractivity contribution in [2.75, 3.05) is 57.3 Å². The predicted molar refractivity (Wildman–Crippen MR) is 144 cm³/mol. The molecule has 34 heavy (non-hydrogen) atoms. The molecule has 2 fully saturated rings. The molecule has 2 aliphatic rings. The molecule has 3 heteroatoms. The molecule has 3 aromatic rings. The Morgan fingerprint density at radius 1 is 0.529 bits per heavy atom. The normalized spacial score (nSPS) is 17.6. The predicted octanol–water partition coefficient (Wildman–Crippen LogP) is 5.80. The molecule has 0 spiro atoms. The topological polar surface area (TPSA) is 9.72 Å². The summed E-state index contributed by atoms with van der Waals surface area (Å²) in [5.74, 6) is 0. The second kappa shape index (κ2) is 11.5. The SMILES string of the molecule is c1ccc(C(=C2CCN(CCCN3CCN(c4ccccc4)CC3)CC2)c2ccccc2)cc1. The van der Waals surface area contributed by atoms with Gasteiger partial charge in [-0.05, 0) is 61.2 Å². The highest BCUT2D eigenvalue weighted by Crippen LogP contribution is 2.32. The van der Waals surface area contributed by atoms with Crippen LogP contribution in [0, 0.1) is 0 Å². The number of benzene rings is 3. The van der Waals surface area contributed by atoms with Crippen LogP contribution in [0.3, 0.4) is 0 Å². The summed E-state index contributed by atoms with van der Waals surface area (Å²) >= 11 is 0. The molecule has 2 saturated heterocycles. The molecule has 0 saturated carbocycles. The minimum atomic E-state index is 1.14. The Hall–Kier alpha value is -2.88. The fourth-order valence-electron chi connectivity index (χ4n) is 5.47. The lowest BCUT2D eigenvalue weighted by atomic mass is 9.88. The summed E-state index contributed by atoms with van der Waals surface area (Å²) in [5, 5.41) is 0. The molecule has 2 heterocycles. The van der Waals surface area contributed by atoms with Gasteiger partial charge in [-0.2, -0.15) is 0 Å². The van der Waals surface area contributed by atoms with Crippen molar-refractivity contribution >= 4 is 11.3 Å². The molecule has 0 amide bonds. The van der Waals surface area contributed by atoms with Gasteiger partial charge in [-0.1, -0.05) is 84.4 Å². The van der Waals surface area contributed by atoms with Gasteiger partial charge >= 0.3 is 0 Å². The molecule has 0 aliphatic carbocycles. The zero-order valence-corrected chi connectivity index (χ0v) is 20.3. The van der Waals surface area contributed by atoms with Gasteiger partial charge in [0.25, 0.3) is 0 Å². The average Bonchev–Trinajstić information content (AvgIpc) is 2.92. The number of piperazine rings is 1. The van der Waals surface area contributed by atoms with Crippen LogP contribution in [0.25, 0.3) is 5.57 Å². The number of rotatable bonds is 7. The van der Waals surface area contributed by atoms with Crippen molar-refractivity contribution in [3.8, 4) is 0 Å². The lowest BCUT2D eigenvalue weighted by molar-refractivity contribution is 0.212. The number of hydrogen-bond donors (Lipinski definition) is 0. The minimum Gasteiger partial charge on any atom is -0.369 e. The maximum Gasteiger partial charge on any atom is 0.0367 e. The highest BCUT2D eigenvalue weighted by Gasteiger charge is 2.20. The second-order valence-electron chi connectivity index (χ2n) is 9.57. The fraction of sp³-hybridized carbons (Fsp3) is 0.355. The zero-order valence-electron chi connectivity index (χ0n) is 20.3. The van der Waals surface area contributed by atoms with E-state index in [1.165, 1.54) is 80.9 Å². The van der Waals surface area contributed by atoms with Crippen LogP contribution in [-0.2, 0) is 0 Å². The van der Waals surface area contributed by atoms with Gasteiger partial charge in [0.05, 0.1) is 0 Å². The molecule has 3 aromatic carbocycles. The molecular weight excluding hydrogens is 414 g/mol. The van der Waals surface area contributed by atoms with Crippen molar-refractivity contribution in [3.05, 3.63) is 108 Å². The summed E-state index contributed by atoms with van der Waals surface area (Å²) in [6.07, 6.45) is 3.62. The Kier molecular flexibility index (Phi) is 7.74. The van der Waals surface area contributed by atoms with Crippen molar-refractivity contribution in [3.63, 3.8) is 0 Å². The third-order valence-corrected chi connectivity index (χ3v) is 7.38. The van der Waals surface area contributed by atoms with E-state index >= 15 is 0 Å². The van der Waals surface area contributed by atoms with Crippen LogP contribution >= 0.6 is 0 Å². The third-order valence-electron chi connectivity index (χ3n) is 7.38. The Balaban J connectivity index is 1.11. The van der Waals surface area contributed by atoms with E-state index in [4.69, 9.17) is 0 Å².